The molecule has 0 saturated carbocycles. The lowest BCUT2D eigenvalue weighted by atomic mass is 9.95. The van der Waals surface area contributed by atoms with Crippen LogP contribution in [0, 0.1) is 5.82 Å². The lowest BCUT2D eigenvalue weighted by molar-refractivity contribution is -0.140. The van der Waals surface area contributed by atoms with Crippen LogP contribution in [0.2, 0.25) is 0 Å². The third kappa shape index (κ3) is 5.17. The molecule has 2 aromatic rings. The highest BCUT2D eigenvalue weighted by Gasteiger charge is 2.46. The molecule has 2 aromatic carbocycles. The Labute approximate surface area is 193 Å². The zero-order valence-corrected chi connectivity index (χ0v) is 19.3. The quantitative estimate of drug-likeness (QED) is 0.353. The molecule has 0 aliphatic carbocycles. The minimum Gasteiger partial charge on any atom is -0.507 e. The maximum atomic E-state index is 13.4. The Bertz CT molecular complexity index is 1050. The number of aliphatic hydroxyl groups excluding tert-OH is 1. The van der Waals surface area contributed by atoms with Crippen molar-refractivity contribution in [3.05, 3.63) is 65.0 Å². The number of rotatable bonds is 9. The van der Waals surface area contributed by atoms with E-state index in [-0.39, 0.29) is 23.4 Å². The van der Waals surface area contributed by atoms with Crippen molar-refractivity contribution in [1.82, 2.24) is 9.80 Å². The van der Waals surface area contributed by atoms with Crippen LogP contribution in [0.25, 0.3) is 5.76 Å². The molecule has 1 atom stereocenters. The molecule has 3 rings (SSSR count). The topological polar surface area (TPSA) is 79.3 Å². The Balaban J connectivity index is 2.17. The molecular formula is C25H29FN2O5. The van der Waals surface area contributed by atoms with Crippen molar-refractivity contribution in [3.63, 3.8) is 0 Å². The number of hydrogen-bond donors (Lipinski definition) is 1. The third-order valence-corrected chi connectivity index (χ3v) is 5.33. The van der Waals surface area contributed by atoms with Crippen LogP contribution in [-0.4, -0.2) is 67.0 Å². The van der Waals surface area contributed by atoms with Crippen LogP contribution in [0.5, 0.6) is 11.5 Å². The number of benzene rings is 2. The summed E-state index contributed by atoms with van der Waals surface area (Å²) >= 11 is 0. The van der Waals surface area contributed by atoms with E-state index in [0.29, 0.717) is 36.8 Å². The second-order valence-corrected chi connectivity index (χ2v) is 7.87. The first-order chi connectivity index (χ1) is 15.8. The van der Waals surface area contributed by atoms with Gasteiger partial charge in [-0.25, -0.2) is 4.39 Å². The average Bonchev–Trinajstić information content (AvgIpc) is 3.04. The van der Waals surface area contributed by atoms with Crippen LogP contribution >= 0.6 is 0 Å². The van der Waals surface area contributed by atoms with Gasteiger partial charge in [0.05, 0.1) is 24.8 Å². The van der Waals surface area contributed by atoms with Crippen LogP contribution in [0.4, 0.5) is 4.39 Å². The number of ketones is 1. The molecule has 7 nitrogen and oxygen atoms in total. The standard InChI is InChI=1S/C25H29FN2O5/c1-5-32-19-12-9-17(15-20(19)33-6-2)22-21(23(29)16-7-10-18(26)11-8-16)24(30)25(31)28(22)14-13-27(3)4/h7-12,15,22,29H,5-6,13-14H2,1-4H3/b23-21+/t22-/m0/s1. The number of Topliss-reactive ketones (excluding diaryl/α,β-unsaturated/α-hetero) is 1. The zero-order chi connectivity index (χ0) is 24.1. The number of hydrogen-bond acceptors (Lipinski definition) is 6. The Kier molecular flexibility index (Phi) is 7.71. The van der Waals surface area contributed by atoms with Gasteiger partial charge in [-0.05, 0) is 69.9 Å². The van der Waals surface area contributed by atoms with Gasteiger partial charge >= 0.3 is 0 Å². The van der Waals surface area contributed by atoms with E-state index in [9.17, 15) is 19.1 Å². The summed E-state index contributed by atoms with van der Waals surface area (Å²) < 4.78 is 24.8. The van der Waals surface area contributed by atoms with E-state index < -0.39 is 23.5 Å². The zero-order valence-electron chi connectivity index (χ0n) is 19.3. The molecule has 0 aromatic heterocycles. The molecule has 1 aliphatic rings. The number of amides is 1. The fraction of sp³-hybridized carbons (Fsp3) is 0.360. The lowest BCUT2D eigenvalue weighted by Gasteiger charge is -2.27. The molecule has 33 heavy (non-hydrogen) atoms. The Morgan fingerprint density at radius 2 is 1.67 bits per heavy atom. The number of nitrogens with zero attached hydrogens (tertiary/aromatic N) is 2. The van der Waals surface area contributed by atoms with Crippen LogP contribution in [0.1, 0.15) is 31.0 Å². The van der Waals surface area contributed by atoms with Gasteiger partial charge < -0.3 is 24.4 Å². The fourth-order valence-electron chi connectivity index (χ4n) is 3.77. The minimum atomic E-state index is -0.829. The van der Waals surface area contributed by atoms with Gasteiger partial charge in [-0.3, -0.25) is 9.59 Å². The third-order valence-electron chi connectivity index (χ3n) is 5.33. The Hall–Kier alpha value is -3.39. The van der Waals surface area contributed by atoms with E-state index in [2.05, 4.69) is 0 Å². The second kappa shape index (κ2) is 10.5. The van der Waals surface area contributed by atoms with Gasteiger partial charge in [0, 0.05) is 18.7 Å². The van der Waals surface area contributed by atoms with Crippen molar-refractivity contribution in [1.29, 1.82) is 0 Å². The number of halogens is 1. The second-order valence-electron chi connectivity index (χ2n) is 7.87. The SMILES string of the molecule is CCOc1ccc([C@H]2/C(=C(\O)c3ccc(F)cc3)C(=O)C(=O)N2CCN(C)C)cc1OCC. The van der Waals surface area contributed by atoms with E-state index in [1.54, 1.807) is 18.2 Å². The Morgan fingerprint density at radius 1 is 1.03 bits per heavy atom. The minimum absolute atomic E-state index is 0.0445. The van der Waals surface area contributed by atoms with Gasteiger partial charge in [-0.15, -0.1) is 0 Å². The van der Waals surface area contributed by atoms with Crippen LogP contribution in [-0.2, 0) is 9.59 Å². The van der Waals surface area contributed by atoms with Crippen molar-refractivity contribution < 1.29 is 28.6 Å². The normalized spacial score (nSPS) is 17.6. The predicted octanol–water partition coefficient (Wildman–Crippen LogP) is 3.61. The highest BCUT2D eigenvalue weighted by molar-refractivity contribution is 6.46. The van der Waals surface area contributed by atoms with Crippen LogP contribution < -0.4 is 9.47 Å². The number of likely N-dealkylation sites (N-methyl/N-ethyl adjacent to an activating group) is 1. The fourth-order valence-corrected chi connectivity index (χ4v) is 3.77. The van der Waals surface area contributed by atoms with E-state index in [1.165, 1.54) is 29.2 Å². The lowest BCUT2D eigenvalue weighted by Crippen LogP contribution is -2.35. The van der Waals surface area contributed by atoms with E-state index in [4.69, 9.17) is 9.47 Å². The highest BCUT2D eigenvalue weighted by Crippen LogP contribution is 2.42. The smallest absolute Gasteiger partial charge is 0.295 e. The summed E-state index contributed by atoms with van der Waals surface area (Å²) in [6.07, 6.45) is 0. The van der Waals surface area contributed by atoms with Gasteiger partial charge in [0.15, 0.2) is 11.5 Å². The molecule has 1 N–H and O–H groups in total. The van der Waals surface area contributed by atoms with Gasteiger partial charge in [-0.2, -0.15) is 0 Å². The molecule has 8 heteroatoms. The van der Waals surface area contributed by atoms with Crippen molar-refractivity contribution in [2.45, 2.75) is 19.9 Å². The van der Waals surface area contributed by atoms with Gasteiger partial charge in [-0.1, -0.05) is 6.07 Å². The monoisotopic (exact) mass is 456 g/mol. The molecule has 1 fully saturated rings. The van der Waals surface area contributed by atoms with Gasteiger partial charge in [0.1, 0.15) is 11.6 Å². The number of carbonyl (C=O) groups is 2. The van der Waals surface area contributed by atoms with Gasteiger partial charge in [0.25, 0.3) is 11.7 Å². The molecule has 1 aliphatic heterocycles. The molecule has 0 radical (unpaired) electrons. The molecule has 1 heterocycles. The van der Waals surface area contributed by atoms with Gasteiger partial charge in [0.2, 0.25) is 0 Å². The molecule has 1 amide bonds. The Morgan fingerprint density at radius 3 is 2.27 bits per heavy atom. The number of carbonyl (C=O) groups excluding carboxylic acids is 2. The maximum absolute atomic E-state index is 13.4. The summed E-state index contributed by atoms with van der Waals surface area (Å²) in [6.45, 7) is 5.36. The first-order valence-corrected chi connectivity index (χ1v) is 10.9. The summed E-state index contributed by atoms with van der Waals surface area (Å²) in [5.41, 5.74) is 0.809. The largest absolute Gasteiger partial charge is 0.507 e. The van der Waals surface area contributed by atoms with Crippen LogP contribution in [0.3, 0.4) is 0 Å². The molecule has 176 valence electrons. The highest BCUT2D eigenvalue weighted by atomic mass is 19.1. The summed E-state index contributed by atoms with van der Waals surface area (Å²) in [7, 11) is 3.74. The predicted molar refractivity (Wildman–Crippen MR) is 123 cm³/mol. The maximum Gasteiger partial charge on any atom is 0.295 e. The average molecular weight is 457 g/mol. The number of likely N-dealkylation sites (tertiary alicyclic amines) is 1. The number of ether oxygens (including phenoxy) is 2. The first-order valence-electron chi connectivity index (χ1n) is 10.9. The van der Waals surface area contributed by atoms with E-state index in [0.717, 1.165) is 0 Å². The first kappa shape index (κ1) is 24.3. The van der Waals surface area contributed by atoms with Crippen molar-refractivity contribution in [2.75, 3.05) is 40.4 Å². The van der Waals surface area contributed by atoms with E-state index in [1.807, 2.05) is 32.8 Å². The van der Waals surface area contributed by atoms with Crippen molar-refractivity contribution in [2.24, 2.45) is 0 Å². The molecular weight excluding hydrogens is 427 g/mol. The summed E-state index contributed by atoms with van der Waals surface area (Å²) in [5, 5.41) is 11.0. The van der Waals surface area contributed by atoms with Crippen molar-refractivity contribution in [3.8, 4) is 11.5 Å². The molecule has 0 unspecified atom stereocenters. The summed E-state index contributed by atoms with van der Waals surface area (Å²) in [4.78, 5) is 29.4. The summed E-state index contributed by atoms with van der Waals surface area (Å²) in [5.74, 6) is -1.27. The number of aliphatic hydroxyl groups is 1. The molecule has 0 bridgehead atoms. The van der Waals surface area contributed by atoms with Crippen molar-refractivity contribution >= 4 is 17.4 Å². The van der Waals surface area contributed by atoms with E-state index >= 15 is 0 Å². The molecule has 1 saturated heterocycles. The summed E-state index contributed by atoms with van der Waals surface area (Å²) in [6, 6.07) is 9.51. The van der Waals surface area contributed by atoms with Crippen LogP contribution in [0.15, 0.2) is 48.0 Å². The molecule has 0 spiro atoms.